The molecule has 0 bridgehead atoms. The van der Waals surface area contributed by atoms with Crippen molar-refractivity contribution in [3.63, 3.8) is 0 Å². The summed E-state index contributed by atoms with van der Waals surface area (Å²) in [5.74, 6) is -0.327. The van der Waals surface area contributed by atoms with E-state index in [-0.39, 0.29) is 17.3 Å². The van der Waals surface area contributed by atoms with Gasteiger partial charge in [0.05, 0.1) is 4.90 Å². The number of hydrogen-bond donors (Lipinski definition) is 2. The van der Waals surface area contributed by atoms with Gasteiger partial charge in [0.2, 0.25) is 10.0 Å². The second kappa shape index (κ2) is 8.77. The van der Waals surface area contributed by atoms with Gasteiger partial charge in [0.1, 0.15) is 0 Å². The zero-order chi connectivity index (χ0) is 20.0. The zero-order valence-corrected chi connectivity index (χ0v) is 16.2. The first-order valence-electron chi connectivity index (χ1n) is 8.76. The number of nitrogens with zero attached hydrogens (tertiary/aromatic N) is 1. The lowest BCUT2D eigenvalue weighted by atomic mass is 10.1. The van der Waals surface area contributed by atoms with Crippen LogP contribution in [-0.4, -0.2) is 19.3 Å². The second-order valence-electron chi connectivity index (χ2n) is 6.38. The lowest BCUT2D eigenvalue weighted by Gasteiger charge is -2.09. The van der Waals surface area contributed by atoms with E-state index in [9.17, 15) is 13.2 Å². The lowest BCUT2D eigenvalue weighted by Crippen LogP contribution is -2.25. The summed E-state index contributed by atoms with van der Waals surface area (Å²) in [5.41, 5.74) is 3.21. The summed E-state index contributed by atoms with van der Waals surface area (Å²) in [6, 6.07) is 17.3. The van der Waals surface area contributed by atoms with Crippen molar-refractivity contribution in [2.45, 2.75) is 24.9 Å². The maximum atomic E-state index is 12.5. The molecule has 1 aromatic heterocycles. The first-order valence-corrected chi connectivity index (χ1v) is 10.2. The molecule has 0 fully saturated rings. The number of sulfonamides is 1. The van der Waals surface area contributed by atoms with Gasteiger partial charge in [0.25, 0.3) is 5.91 Å². The summed E-state index contributed by atoms with van der Waals surface area (Å²) in [6.07, 6.45) is 3.20. The van der Waals surface area contributed by atoms with Gasteiger partial charge in [-0.3, -0.25) is 9.78 Å². The number of hydrogen-bond acceptors (Lipinski definition) is 4. The predicted molar refractivity (Wildman–Crippen MR) is 107 cm³/mol. The molecule has 6 nitrogen and oxygen atoms in total. The average Bonchev–Trinajstić information content (AvgIpc) is 2.72. The molecular weight excluding hydrogens is 374 g/mol. The van der Waals surface area contributed by atoms with Crippen LogP contribution in [0.5, 0.6) is 0 Å². The van der Waals surface area contributed by atoms with Crippen LogP contribution in [0.2, 0.25) is 0 Å². The zero-order valence-electron chi connectivity index (χ0n) is 15.4. The molecule has 3 rings (SSSR count). The molecule has 2 N–H and O–H groups in total. The number of rotatable bonds is 7. The molecule has 1 amide bonds. The number of aryl methyl sites for hydroxylation is 1. The van der Waals surface area contributed by atoms with E-state index in [1.807, 2.05) is 31.2 Å². The molecule has 28 heavy (non-hydrogen) atoms. The summed E-state index contributed by atoms with van der Waals surface area (Å²) in [4.78, 5) is 16.4. The van der Waals surface area contributed by atoms with Gasteiger partial charge in [0.15, 0.2) is 0 Å². The summed E-state index contributed by atoms with van der Waals surface area (Å²) >= 11 is 0. The van der Waals surface area contributed by atoms with E-state index < -0.39 is 10.0 Å². The van der Waals surface area contributed by atoms with Crippen LogP contribution in [-0.2, 0) is 23.1 Å². The Bertz CT molecular complexity index is 1050. The Morgan fingerprint density at radius 2 is 1.61 bits per heavy atom. The maximum absolute atomic E-state index is 12.5. The van der Waals surface area contributed by atoms with Gasteiger partial charge in [-0.2, -0.15) is 0 Å². The van der Waals surface area contributed by atoms with Crippen molar-refractivity contribution in [1.29, 1.82) is 0 Å². The summed E-state index contributed by atoms with van der Waals surface area (Å²) in [6.45, 7) is 2.52. The van der Waals surface area contributed by atoms with Gasteiger partial charge >= 0.3 is 0 Å². The Morgan fingerprint density at radius 3 is 2.32 bits per heavy atom. The molecule has 7 heteroatoms. The van der Waals surface area contributed by atoms with Crippen molar-refractivity contribution in [2.75, 3.05) is 0 Å². The number of carbonyl (C=O) groups is 1. The summed E-state index contributed by atoms with van der Waals surface area (Å²) in [7, 11) is -3.74. The highest BCUT2D eigenvalue weighted by molar-refractivity contribution is 7.89. The third-order valence-electron chi connectivity index (χ3n) is 4.20. The average molecular weight is 395 g/mol. The van der Waals surface area contributed by atoms with Gasteiger partial charge < -0.3 is 5.32 Å². The molecule has 0 saturated heterocycles. The Balaban J connectivity index is 1.66. The van der Waals surface area contributed by atoms with Gasteiger partial charge in [-0.25, -0.2) is 13.1 Å². The van der Waals surface area contributed by atoms with Crippen LogP contribution in [0.3, 0.4) is 0 Å². The van der Waals surface area contributed by atoms with E-state index in [1.54, 1.807) is 36.7 Å². The molecule has 0 spiro atoms. The fraction of sp³-hybridized carbons (Fsp3) is 0.143. The molecule has 0 radical (unpaired) electrons. The summed E-state index contributed by atoms with van der Waals surface area (Å²) < 4.78 is 27.6. The molecule has 0 atom stereocenters. The van der Waals surface area contributed by atoms with Gasteiger partial charge in [0, 0.05) is 31.0 Å². The second-order valence-corrected chi connectivity index (χ2v) is 8.14. The Kier molecular flexibility index (Phi) is 6.18. The molecule has 144 valence electrons. The van der Waals surface area contributed by atoms with Crippen LogP contribution in [0, 0.1) is 6.92 Å². The van der Waals surface area contributed by atoms with Crippen molar-refractivity contribution in [1.82, 2.24) is 15.0 Å². The van der Waals surface area contributed by atoms with E-state index in [0.29, 0.717) is 12.1 Å². The lowest BCUT2D eigenvalue weighted by molar-refractivity contribution is 0.0950. The molecule has 0 aliphatic rings. The van der Waals surface area contributed by atoms with E-state index in [1.165, 1.54) is 12.1 Å². The molecule has 3 aromatic rings. The van der Waals surface area contributed by atoms with Crippen LogP contribution in [0.1, 0.15) is 27.0 Å². The minimum absolute atomic E-state index is 0.0459. The van der Waals surface area contributed by atoms with E-state index in [0.717, 1.165) is 16.7 Å². The van der Waals surface area contributed by atoms with Crippen molar-refractivity contribution >= 4 is 15.9 Å². The van der Waals surface area contributed by atoms with Crippen LogP contribution >= 0.6 is 0 Å². The topological polar surface area (TPSA) is 88.2 Å². The van der Waals surface area contributed by atoms with Crippen LogP contribution < -0.4 is 10.0 Å². The van der Waals surface area contributed by atoms with Crippen molar-refractivity contribution in [3.05, 3.63) is 95.3 Å². The molecule has 0 aliphatic carbocycles. The van der Waals surface area contributed by atoms with E-state index in [4.69, 9.17) is 0 Å². The van der Waals surface area contributed by atoms with Gasteiger partial charge in [-0.05, 0) is 48.4 Å². The highest BCUT2D eigenvalue weighted by Crippen LogP contribution is 2.13. The number of pyridine rings is 1. The van der Waals surface area contributed by atoms with Crippen LogP contribution in [0.15, 0.2) is 78.0 Å². The minimum Gasteiger partial charge on any atom is -0.348 e. The Hall–Kier alpha value is -3.03. The first-order chi connectivity index (χ1) is 13.4. The van der Waals surface area contributed by atoms with Gasteiger partial charge in [-0.15, -0.1) is 0 Å². The summed E-state index contributed by atoms with van der Waals surface area (Å²) in [5, 5.41) is 2.81. The number of aromatic nitrogens is 1. The quantitative estimate of drug-likeness (QED) is 0.644. The van der Waals surface area contributed by atoms with Crippen LogP contribution in [0.4, 0.5) is 0 Å². The fourth-order valence-electron chi connectivity index (χ4n) is 2.56. The van der Waals surface area contributed by atoms with Crippen molar-refractivity contribution in [3.8, 4) is 0 Å². The molecular formula is C21H21N3O3S. The first kappa shape index (κ1) is 19.7. The number of benzene rings is 2. The Labute approximate surface area is 164 Å². The highest BCUT2D eigenvalue weighted by atomic mass is 32.2. The SMILES string of the molecule is Cc1ccc(CNC(=O)c2cccc(S(=O)(=O)NCc3ccncc3)c2)cc1. The van der Waals surface area contributed by atoms with Crippen LogP contribution in [0.25, 0.3) is 0 Å². The Morgan fingerprint density at radius 1 is 0.929 bits per heavy atom. The standard InChI is InChI=1S/C21H21N3O3S/c1-16-5-7-17(8-6-16)14-23-21(25)19-3-2-4-20(13-19)28(26,27)24-15-18-9-11-22-12-10-18/h2-13,24H,14-15H2,1H3,(H,23,25). The predicted octanol–water partition coefficient (Wildman–Crippen LogP) is 2.80. The maximum Gasteiger partial charge on any atom is 0.251 e. The smallest absolute Gasteiger partial charge is 0.251 e. The third-order valence-corrected chi connectivity index (χ3v) is 5.59. The van der Waals surface area contributed by atoms with Crippen molar-refractivity contribution < 1.29 is 13.2 Å². The molecule has 1 heterocycles. The normalized spacial score (nSPS) is 11.2. The molecule has 2 aromatic carbocycles. The largest absolute Gasteiger partial charge is 0.348 e. The fourth-order valence-corrected chi connectivity index (χ4v) is 3.62. The number of nitrogens with one attached hydrogen (secondary N) is 2. The highest BCUT2D eigenvalue weighted by Gasteiger charge is 2.16. The van der Waals surface area contributed by atoms with Gasteiger partial charge in [-0.1, -0.05) is 35.9 Å². The number of carbonyl (C=O) groups excluding carboxylic acids is 1. The van der Waals surface area contributed by atoms with E-state index >= 15 is 0 Å². The van der Waals surface area contributed by atoms with Crippen molar-refractivity contribution in [2.24, 2.45) is 0 Å². The molecule has 0 aliphatic heterocycles. The van der Waals surface area contributed by atoms with E-state index in [2.05, 4.69) is 15.0 Å². The third kappa shape index (κ3) is 5.25. The molecule has 0 unspecified atom stereocenters. The minimum atomic E-state index is -3.74. The monoisotopic (exact) mass is 395 g/mol. The molecule has 0 saturated carbocycles. The number of amides is 1.